The zero-order valence-electron chi connectivity index (χ0n) is 15.0. The summed E-state index contributed by atoms with van der Waals surface area (Å²) in [5, 5.41) is 11.4. The van der Waals surface area contributed by atoms with E-state index in [1.807, 2.05) is 29.1 Å². The Bertz CT molecular complexity index is 969. The third-order valence-corrected chi connectivity index (χ3v) is 5.42. The highest BCUT2D eigenvalue weighted by molar-refractivity contribution is 7.08. The molecule has 1 fully saturated rings. The third kappa shape index (κ3) is 3.96. The normalized spacial score (nSPS) is 16.5. The lowest BCUT2D eigenvalue weighted by Gasteiger charge is -2.16. The van der Waals surface area contributed by atoms with Gasteiger partial charge >= 0.3 is 0 Å². The Hall–Kier alpha value is -3.00. The molecular formula is C20H19FN4O2S. The number of nitrogens with zero attached hydrogens (tertiary/aromatic N) is 3. The fraction of sp³-hybridized carbons (Fsp3) is 0.250. The van der Waals surface area contributed by atoms with E-state index in [9.17, 15) is 14.0 Å². The second-order valence-corrected chi connectivity index (χ2v) is 7.43. The van der Waals surface area contributed by atoms with Crippen molar-refractivity contribution in [3.63, 3.8) is 0 Å². The van der Waals surface area contributed by atoms with E-state index in [0.29, 0.717) is 25.3 Å². The van der Waals surface area contributed by atoms with Crippen LogP contribution >= 0.6 is 11.3 Å². The first-order chi connectivity index (χ1) is 13.6. The molecule has 2 amide bonds. The maximum Gasteiger partial charge on any atom is 0.227 e. The molecule has 0 radical (unpaired) electrons. The number of thiophene rings is 1. The average Bonchev–Trinajstić information content (AvgIpc) is 3.43. The van der Waals surface area contributed by atoms with Crippen molar-refractivity contribution in [1.82, 2.24) is 15.1 Å². The van der Waals surface area contributed by atoms with Crippen molar-refractivity contribution in [2.45, 2.75) is 13.0 Å². The molecule has 1 aliphatic rings. The number of aromatic nitrogens is 2. The molecule has 3 aromatic rings. The number of nitrogens with one attached hydrogen (secondary N) is 1. The summed E-state index contributed by atoms with van der Waals surface area (Å²) in [5.41, 5.74) is 2.60. The lowest BCUT2D eigenvalue weighted by Crippen LogP contribution is -2.34. The van der Waals surface area contributed by atoms with Crippen LogP contribution in [0.2, 0.25) is 0 Å². The summed E-state index contributed by atoms with van der Waals surface area (Å²) < 4.78 is 14.9. The summed E-state index contributed by atoms with van der Waals surface area (Å²) in [6, 6.07) is 9.69. The van der Waals surface area contributed by atoms with Crippen LogP contribution in [0.5, 0.6) is 0 Å². The number of benzene rings is 1. The monoisotopic (exact) mass is 398 g/mol. The highest BCUT2D eigenvalue weighted by atomic mass is 32.1. The topological polar surface area (TPSA) is 67.2 Å². The molecule has 1 atom stereocenters. The quantitative estimate of drug-likeness (QED) is 0.694. The summed E-state index contributed by atoms with van der Waals surface area (Å²) in [6.45, 7) is 1.30. The molecule has 0 bridgehead atoms. The molecule has 6 nitrogen and oxygen atoms in total. The molecule has 144 valence electrons. The van der Waals surface area contributed by atoms with Crippen LogP contribution < -0.4 is 10.2 Å². The zero-order chi connectivity index (χ0) is 19.5. The van der Waals surface area contributed by atoms with Gasteiger partial charge in [0.2, 0.25) is 11.8 Å². The number of rotatable bonds is 6. The highest BCUT2D eigenvalue weighted by Crippen LogP contribution is 2.25. The van der Waals surface area contributed by atoms with Gasteiger partial charge in [-0.15, -0.1) is 0 Å². The Balaban J connectivity index is 1.28. The summed E-state index contributed by atoms with van der Waals surface area (Å²) in [4.78, 5) is 26.2. The summed E-state index contributed by atoms with van der Waals surface area (Å²) in [6.07, 6.45) is 2.04. The van der Waals surface area contributed by atoms with Gasteiger partial charge in [0, 0.05) is 42.3 Å². The van der Waals surface area contributed by atoms with Crippen molar-refractivity contribution in [2.24, 2.45) is 5.92 Å². The third-order valence-electron chi connectivity index (χ3n) is 4.73. The molecule has 1 aliphatic heterocycles. The van der Waals surface area contributed by atoms with Crippen molar-refractivity contribution in [3.05, 3.63) is 59.2 Å². The second kappa shape index (κ2) is 7.93. The minimum Gasteiger partial charge on any atom is -0.354 e. The number of hydrogen-bond donors (Lipinski definition) is 1. The number of hydrogen-bond acceptors (Lipinski definition) is 4. The molecular weight excluding hydrogens is 379 g/mol. The van der Waals surface area contributed by atoms with Gasteiger partial charge in [-0.2, -0.15) is 16.4 Å². The number of halogens is 1. The molecule has 28 heavy (non-hydrogen) atoms. The first kappa shape index (κ1) is 18.4. The Labute approximate surface area is 165 Å². The van der Waals surface area contributed by atoms with Crippen molar-refractivity contribution in [3.8, 4) is 11.3 Å². The van der Waals surface area contributed by atoms with Gasteiger partial charge in [0.15, 0.2) is 0 Å². The van der Waals surface area contributed by atoms with Crippen LogP contribution in [0.3, 0.4) is 0 Å². The Morgan fingerprint density at radius 2 is 2.07 bits per heavy atom. The van der Waals surface area contributed by atoms with Gasteiger partial charge in [-0.3, -0.25) is 14.3 Å². The molecule has 8 heteroatoms. The SMILES string of the molecule is O=C(NCCn1ccc(-c2ccsc2)n1)C1CC(=O)N(c2ccc(F)cc2)C1. The van der Waals surface area contributed by atoms with Gasteiger partial charge in [0.1, 0.15) is 5.82 Å². The van der Waals surface area contributed by atoms with Crippen LogP contribution in [0.1, 0.15) is 6.42 Å². The van der Waals surface area contributed by atoms with Gasteiger partial charge in [0.05, 0.1) is 18.2 Å². The van der Waals surface area contributed by atoms with Crippen LogP contribution in [0, 0.1) is 11.7 Å². The van der Waals surface area contributed by atoms with Crippen molar-refractivity contribution in [2.75, 3.05) is 18.0 Å². The van der Waals surface area contributed by atoms with Crippen molar-refractivity contribution in [1.29, 1.82) is 0 Å². The Morgan fingerprint density at radius 1 is 1.25 bits per heavy atom. The van der Waals surface area contributed by atoms with E-state index in [-0.39, 0.29) is 24.1 Å². The maximum absolute atomic E-state index is 13.1. The van der Waals surface area contributed by atoms with Gasteiger partial charge in [-0.1, -0.05) is 0 Å². The predicted molar refractivity (Wildman–Crippen MR) is 105 cm³/mol. The van der Waals surface area contributed by atoms with Crippen LogP contribution in [0.25, 0.3) is 11.3 Å². The molecule has 4 rings (SSSR count). The second-order valence-electron chi connectivity index (χ2n) is 6.65. The largest absolute Gasteiger partial charge is 0.354 e. The maximum atomic E-state index is 13.1. The van der Waals surface area contributed by atoms with Crippen LogP contribution in [-0.2, 0) is 16.1 Å². The molecule has 1 N–H and O–H groups in total. The van der Waals surface area contributed by atoms with E-state index in [2.05, 4.69) is 10.4 Å². The van der Waals surface area contributed by atoms with Crippen LogP contribution in [0.15, 0.2) is 53.4 Å². The van der Waals surface area contributed by atoms with Gasteiger partial charge in [0.25, 0.3) is 0 Å². The number of amides is 2. The van der Waals surface area contributed by atoms with Crippen LogP contribution in [-0.4, -0.2) is 34.7 Å². The summed E-state index contributed by atoms with van der Waals surface area (Å²) in [5.74, 6) is -1.04. The summed E-state index contributed by atoms with van der Waals surface area (Å²) in [7, 11) is 0. The first-order valence-electron chi connectivity index (χ1n) is 9.00. The molecule has 0 aliphatic carbocycles. The van der Waals surface area contributed by atoms with Gasteiger partial charge < -0.3 is 10.2 Å². The Morgan fingerprint density at radius 3 is 2.82 bits per heavy atom. The van der Waals surface area contributed by atoms with E-state index in [0.717, 1.165) is 11.3 Å². The molecule has 1 aromatic carbocycles. The van der Waals surface area contributed by atoms with E-state index < -0.39 is 5.92 Å². The number of carbonyl (C=O) groups excluding carboxylic acids is 2. The molecule has 0 spiro atoms. The van der Waals surface area contributed by atoms with Gasteiger partial charge in [-0.05, 0) is 41.8 Å². The number of anilines is 1. The molecule has 2 aromatic heterocycles. The highest BCUT2D eigenvalue weighted by Gasteiger charge is 2.34. The zero-order valence-corrected chi connectivity index (χ0v) is 15.9. The fourth-order valence-corrected chi connectivity index (χ4v) is 3.89. The van der Waals surface area contributed by atoms with Crippen molar-refractivity contribution < 1.29 is 14.0 Å². The minimum atomic E-state index is -0.406. The molecule has 0 saturated carbocycles. The van der Waals surface area contributed by atoms with Crippen molar-refractivity contribution >= 4 is 28.8 Å². The predicted octanol–water partition coefficient (Wildman–Crippen LogP) is 2.92. The average molecular weight is 398 g/mol. The molecule has 1 unspecified atom stereocenters. The molecule has 3 heterocycles. The van der Waals surface area contributed by atoms with E-state index in [1.54, 1.807) is 28.2 Å². The lowest BCUT2D eigenvalue weighted by molar-refractivity contribution is -0.126. The van der Waals surface area contributed by atoms with E-state index in [4.69, 9.17) is 0 Å². The fourth-order valence-electron chi connectivity index (χ4n) is 3.24. The van der Waals surface area contributed by atoms with E-state index in [1.165, 1.54) is 17.0 Å². The smallest absolute Gasteiger partial charge is 0.227 e. The van der Waals surface area contributed by atoms with E-state index >= 15 is 0 Å². The Kier molecular flexibility index (Phi) is 5.21. The molecule has 1 saturated heterocycles. The van der Waals surface area contributed by atoms with Gasteiger partial charge in [-0.25, -0.2) is 4.39 Å². The standard InChI is InChI=1S/C20H19FN4O2S/c21-16-1-3-17(4-2-16)25-12-15(11-19(25)26)20(27)22-7-9-24-8-5-18(23-24)14-6-10-28-13-14/h1-6,8,10,13,15H,7,9,11-12H2,(H,22,27). The van der Waals surface area contributed by atoms with Crippen LogP contribution in [0.4, 0.5) is 10.1 Å². The summed E-state index contributed by atoms with van der Waals surface area (Å²) >= 11 is 1.62. The lowest BCUT2D eigenvalue weighted by atomic mass is 10.1. The number of carbonyl (C=O) groups is 2. The minimum absolute atomic E-state index is 0.126. The first-order valence-corrected chi connectivity index (χ1v) is 9.94.